The third-order valence-electron chi connectivity index (χ3n) is 4.62. The Morgan fingerprint density at radius 3 is 2.33 bits per heavy atom. The highest BCUT2D eigenvalue weighted by Gasteiger charge is 2.22. The molecule has 0 unspecified atom stereocenters. The summed E-state index contributed by atoms with van der Waals surface area (Å²) in [4.78, 5) is 0. The maximum atomic E-state index is 2.33. The van der Waals surface area contributed by atoms with Crippen LogP contribution in [0.25, 0.3) is 43.8 Å². The molecule has 0 nitrogen and oxygen atoms in total. The minimum absolute atomic E-state index is 1.32. The maximum Gasteiger partial charge on any atom is -0.00143 e. The predicted molar refractivity (Wildman–Crippen MR) is 90.6 cm³/mol. The standard InChI is InChI=1S/C21H14/c1-13-9-10-16-15(11-13)12-14-5-4-8-18-17-6-2-3-7-19(17)21(16)20(14)18/h2-12H,1H3. The molecule has 4 aromatic carbocycles. The van der Waals surface area contributed by atoms with E-state index in [0.717, 1.165) is 0 Å². The van der Waals surface area contributed by atoms with Crippen LogP contribution in [-0.2, 0) is 0 Å². The SMILES string of the molecule is Cc1ccc2c3c4c(cccc4cc2c1)-c1ccccc1-3. The van der Waals surface area contributed by atoms with E-state index in [0.29, 0.717) is 0 Å². The van der Waals surface area contributed by atoms with Crippen LogP contribution in [0.2, 0.25) is 0 Å². The van der Waals surface area contributed by atoms with E-state index >= 15 is 0 Å². The first-order valence-corrected chi connectivity index (χ1v) is 7.39. The van der Waals surface area contributed by atoms with E-state index in [1.54, 1.807) is 0 Å². The maximum absolute atomic E-state index is 2.33. The molecule has 1 aliphatic carbocycles. The summed E-state index contributed by atoms with van der Waals surface area (Å²) in [7, 11) is 0. The Labute approximate surface area is 123 Å². The van der Waals surface area contributed by atoms with Gasteiger partial charge in [0.2, 0.25) is 0 Å². The highest BCUT2D eigenvalue weighted by Crippen LogP contribution is 2.50. The summed E-state index contributed by atoms with van der Waals surface area (Å²) < 4.78 is 0. The van der Waals surface area contributed by atoms with Crippen LogP contribution in [0.15, 0.2) is 66.7 Å². The van der Waals surface area contributed by atoms with Gasteiger partial charge in [-0.25, -0.2) is 0 Å². The van der Waals surface area contributed by atoms with Crippen LogP contribution >= 0.6 is 0 Å². The van der Waals surface area contributed by atoms with E-state index in [2.05, 4.69) is 73.7 Å². The van der Waals surface area contributed by atoms with Crippen molar-refractivity contribution < 1.29 is 0 Å². The normalized spacial score (nSPS) is 12.0. The first-order chi connectivity index (χ1) is 10.3. The molecule has 0 amide bonds. The number of aryl methyl sites for hydroxylation is 1. The van der Waals surface area contributed by atoms with Crippen molar-refractivity contribution in [2.75, 3.05) is 0 Å². The van der Waals surface area contributed by atoms with Gasteiger partial charge in [-0.3, -0.25) is 0 Å². The second kappa shape index (κ2) is 3.73. The van der Waals surface area contributed by atoms with Gasteiger partial charge < -0.3 is 0 Å². The minimum atomic E-state index is 1.32. The van der Waals surface area contributed by atoms with Crippen molar-refractivity contribution in [1.29, 1.82) is 0 Å². The summed E-state index contributed by atoms with van der Waals surface area (Å²) in [5.74, 6) is 0. The molecule has 0 atom stereocenters. The molecule has 0 aliphatic heterocycles. The average molecular weight is 266 g/mol. The minimum Gasteiger partial charge on any atom is -0.0616 e. The first-order valence-electron chi connectivity index (χ1n) is 7.39. The molecule has 0 N–H and O–H groups in total. The molecule has 0 saturated heterocycles. The van der Waals surface area contributed by atoms with E-state index < -0.39 is 0 Å². The van der Waals surface area contributed by atoms with Gasteiger partial charge in [0.25, 0.3) is 0 Å². The van der Waals surface area contributed by atoms with Gasteiger partial charge >= 0.3 is 0 Å². The second-order valence-electron chi connectivity index (χ2n) is 5.93. The molecule has 4 aromatic rings. The highest BCUT2D eigenvalue weighted by atomic mass is 14.2. The smallest absolute Gasteiger partial charge is 0.00143 e. The molecule has 98 valence electrons. The van der Waals surface area contributed by atoms with Crippen LogP contribution in [0, 0.1) is 6.92 Å². The Hall–Kier alpha value is -2.60. The monoisotopic (exact) mass is 266 g/mol. The zero-order valence-electron chi connectivity index (χ0n) is 11.9. The molecule has 21 heavy (non-hydrogen) atoms. The molecule has 0 heterocycles. The van der Waals surface area contributed by atoms with Crippen molar-refractivity contribution in [2.45, 2.75) is 6.92 Å². The van der Waals surface area contributed by atoms with Gasteiger partial charge in [0, 0.05) is 0 Å². The third kappa shape index (κ3) is 1.34. The summed E-state index contributed by atoms with van der Waals surface area (Å²) in [5.41, 5.74) is 6.84. The number of hydrogen-bond donors (Lipinski definition) is 0. The van der Waals surface area contributed by atoms with Gasteiger partial charge in [-0.15, -0.1) is 0 Å². The van der Waals surface area contributed by atoms with Crippen LogP contribution < -0.4 is 0 Å². The fourth-order valence-corrected chi connectivity index (χ4v) is 3.74. The zero-order valence-corrected chi connectivity index (χ0v) is 11.9. The van der Waals surface area contributed by atoms with Crippen molar-refractivity contribution in [3.8, 4) is 22.3 Å². The van der Waals surface area contributed by atoms with Crippen molar-refractivity contribution in [3.63, 3.8) is 0 Å². The summed E-state index contributed by atoms with van der Waals surface area (Å²) in [6.07, 6.45) is 0. The Morgan fingerprint density at radius 2 is 1.43 bits per heavy atom. The topological polar surface area (TPSA) is 0 Å². The van der Waals surface area contributed by atoms with Gasteiger partial charge in [0.05, 0.1) is 0 Å². The lowest BCUT2D eigenvalue weighted by atomic mass is 9.95. The van der Waals surface area contributed by atoms with Crippen molar-refractivity contribution in [2.24, 2.45) is 0 Å². The molecular formula is C21H14. The molecule has 0 heteroatoms. The fourth-order valence-electron chi connectivity index (χ4n) is 3.74. The van der Waals surface area contributed by atoms with E-state index in [1.165, 1.54) is 49.4 Å². The van der Waals surface area contributed by atoms with Gasteiger partial charge in [-0.2, -0.15) is 0 Å². The molecule has 0 spiro atoms. The highest BCUT2D eigenvalue weighted by molar-refractivity contribution is 6.23. The number of benzene rings is 4. The summed E-state index contributed by atoms with van der Waals surface area (Å²) in [6.45, 7) is 2.16. The molecule has 0 aromatic heterocycles. The molecule has 0 bridgehead atoms. The zero-order chi connectivity index (χ0) is 14.0. The second-order valence-corrected chi connectivity index (χ2v) is 5.93. The van der Waals surface area contributed by atoms with E-state index in [9.17, 15) is 0 Å². The Bertz CT molecular complexity index is 1040. The summed E-state index contributed by atoms with van der Waals surface area (Å²) in [6, 6.07) is 24.5. The number of hydrogen-bond acceptors (Lipinski definition) is 0. The average Bonchev–Trinajstić information content (AvgIpc) is 2.84. The lowest BCUT2D eigenvalue weighted by molar-refractivity contribution is 1.51. The van der Waals surface area contributed by atoms with Crippen molar-refractivity contribution in [3.05, 3.63) is 72.3 Å². The van der Waals surface area contributed by atoms with Gasteiger partial charge in [0.1, 0.15) is 0 Å². The lowest BCUT2D eigenvalue weighted by Gasteiger charge is -2.08. The van der Waals surface area contributed by atoms with Gasteiger partial charge in [0.15, 0.2) is 0 Å². The molecule has 1 aliphatic rings. The molecular weight excluding hydrogens is 252 g/mol. The van der Waals surface area contributed by atoms with Crippen LogP contribution in [0.5, 0.6) is 0 Å². The van der Waals surface area contributed by atoms with Crippen LogP contribution in [0.1, 0.15) is 5.56 Å². The van der Waals surface area contributed by atoms with Crippen LogP contribution in [0.3, 0.4) is 0 Å². The third-order valence-corrected chi connectivity index (χ3v) is 4.62. The van der Waals surface area contributed by atoms with Crippen molar-refractivity contribution >= 4 is 21.5 Å². The summed E-state index contributed by atoms with van der Waals surface area (Å²) in [5, 5.41) is 5.46. The van der Waals surface area contributed by atoms with E-state index in [-0.39, 0.29) is 0 Å². The number of fused-ring (bicyclic) bond motifs is 5. The van der Waals surface area contributed by atoms with Crippen molar-refractivity contribution in [1.82, 2.24) is 0 Å². The summed E-state index contributed by atoms with van der Waals surface area (Å²) >= 11 is 0. The molecule has 5 rings (SSSR count). The largest absolute Gasteiger partial charge is 0.0616 e. The quantitative estimate of drug-likeness (QED) is 0.304. The molecule has 0 radical (unpaired) electrons. The van der Waals surface area contributed by atoms with Gasteiger partial charge in [-0.05, 0) is 56.8 Å². The molecule has 0 saturated carbocycles. The van der Waals surface area contributed by atoms with E-state index in [4.69, 9.17) is 0 Å². The predicted octanol–water partition coefficient (Wildman–Crippen LogP) is 5.95. The Balaban J connectivity index is 2.11. The van der Waals surface area contributed by atoms with Crippen LogP contribution in [0.4, 0.5) is 0 Å². The Kier molecular flexibility index (Phi) is 1.97. The first kappa shape index (κ1) is 11.1. The van der Waals surface area contributed by atoms with E-state index in [1.807, 2.05) is 0 Å². The lowest BCUT2D eigenvalue weighted by Crippen LogP contribution is -1.82. The number of rotatable bonds is 0. The Morgan fingerprint density at radius 1 is 0.619 bits per heavy atom. The fraction of sp³-hybridized carbons (Fsp3) is 0.0476. The van der Waals surface area contributed by atoms with Gasteiger partial charge in [-0.1, -0.05) is 66.2 Å². The van der Waals surface area contributed by atoms with Crippen LogP contribution in [-0.4, -0.2) is 0 Å². The molecule has 0 fully saturated rings.